The van der Waals surface area contributed by atoms with E-state index in [1.54, 1.807) is 30.5 Å². The van der Waals surface area contributed by atoms with Crippen molar-refractivity contribution < 1.29 is 9.59 Å². The molecule has 1 saturated heterocycles. The highest BCUT2D eigenvalue weighted by molar-refractivity contribution is 6.22. The largest absolute Gasteiger partial charge is 0.305 e. The number of hydrogen-bond donors (Lipinski definition) is 1. The minimum absolute atomic E-state index is 0.149. The fraction of sp³-hybridized carbons (Fsp3) is 0.174. The number of carbonyl (C=O) groups excluding carboxylic acids is 2. The number of anilines is 1. The summed E-state index contributed by atoms with van der Waals surface area (Å²) in [5.74, 6) is -0.450. The zero-order valence-electron chi connectivity index (χ0n) is 16.3. The summed E-state index contributed by atoms with van der Waals surface area (Å²) in [5.41, 5.74) is 2.88. The Balaban J connectivity index is 1.37. The molecule has 2 amide bonds. The number of carbonyl (C=O) groups is 2. The van der Waals surface area contributed by atoms with Crippen LogP contribution in [-0.2, 0) is 16.0 Å². The maximum absolute atomic E-state index is 12.7. The minimum atomic E-state index is -0.515. The van der Waals surface area contributed by atoms with Gasteiger partial charge in [0.2, 0.25) is 5.91 Å². The molecule has 3 aromatic rings. The number of nitrogens with one attached hydrogen (secondary N) is 1. The molecular formula is C23H21N5O2. The van der Waals surface area contributed by atoms with Gasteiger partial charge in [-0.25, -0.2) is 4.90 Å². The smallest absolute Gasteiger partial charge is 0.251 e. The number of imide groups is 1. The van der Waals surface area contributed by atoms with Gasteiger partial charge in [-0.2, -0.15) is 10.2 Å². The lowest BCUT2D eigenvalue weighted by atomic mass is 10.2. The van der Waals surface area contributed by atoms with Crippen LogP contribution in [0.4, 0.5) is 17.1 Å². The van der Waals surface area contributed by atoms with Crippen LogP contribution in [0, 0.1) is 0 Å². The molecule has 1 aromatic heterocycles. The molecule has 1 atom stereocenters. The molecule has 1 aliphatic rings. The third kappa shape index (κ3) is 4.64. The maximum Gasteiger partial charge on any atom is 0.251 e. The molecule has 0 saturated carbocycles. The van der Waals surface area contributed by atoms with E-state index < -0.39 is 6.04 Å². The van der Waals surface area contributed by atoms with Gasteiger partial charge in [0.25, 0.3) is 5.91 Å². The molecule has 0 aliphatic carbocycles. The first-order valence-corrected chi connectivity index (χ1v) is 9.78. The van der Waals surface area contributed by atoms with Gasteiger partial charge >= 0.3 is 0 Å². The molecule has 1 unspecified atom stereocenters. The quantitative estimate of drug-likeness (QED) is 0.481. The fourth-order valence-corrected chi connectivity index (χ4v) is 3.26. The second-order valence-corrected chi connectivity index (χ2v) is 6.90. The highest BCUT2D eigenvalue weighted by Gasteiger charge is 2.39. The summed E-state index contributed by atoms with van der Waals surface area (Å²) in [6.07, 6.45) is 2.58. The van der Waals surface area contributed by atoms with Crippen molar-refractivity contribution in [1.82, 2.24) is 10.3 Å². The topological polar surface area (TPSA) is 87.0 Å². The van der Waals surface area contributed by atoms with Crippen molar-refractivity contribution in [2.75, 3.05) is 11.4 Å². The van der Waals surface area contributed by atoms with Gasteiger partial charge in [-0.15, -0.1) is 0 Å². The van der Waals surface area contributed by atoms with Crippen molar-refractivity contribution in [3.8, 4) is 0 Å². The maximum atomic E-state index is 12.7. The van der Waals surface area contributed by atoms with Crippen LogP contribution in [0.15, 0.2) is 89.2 Å². The molecule has 0 bridgehead atoms. The first-order chi connectivity index (χ1) is 14.7. The van der Waals surface area contributed by atoms with Crippen molar-refractivity contribution in [3.63, 3.8) is 0 Å². The van der Waals surface area contributed by atoms with Gasteiger partial charge in [-0.3, -0.25) is 14.6 Å². The van der Waals surface area contributed by atoms with Gasteiger partial charge in [0.1, 0.15) is 0 Å². The molecule has 4 rings (SSSR count). The molecule has 7 heteroatoms. The van der Waals surface area contributed by atoms with Crippen LogP contribution in [0.3, 0.4) is 0 Å². The van der Waals surface area contributed by atoms with Gasteiger partial charge < -0.3 is 5.32 Å². The Kier molecular flexibility index (Phi) is 6.01. The van der Waals surface area contributed by atoms with Crippen LogP contribution >= 0.6 is 0 Å². The normalized spacial score (nSPS) is 16.5. The van der Waals surface area contributed by atoms with Gasteiger partial charge in [0, 0.05) is 24.9 Å². The van der Waals surface area contributed by atoms with Crippen molar-refractivity contribution in [2.24, 2.45) is 10.2 Å². The Morgan fingerprint density at radius 3 is 2.30 bits per heavy atom. The van der Waals surface area contributed by atoms with E-state index in [0.717, 1.165) is 11.4 Å². The number of azo groups is 1. The van der Waals surface area contributed by atoms with E-state index >= 15 is 0 Å². The van der Waals surface area contributed by atoms with E-state index in [2.05, 4.69) is 20.5 Å². The summed E-state index contributed by atoms with van der Waals surface area (Å²) in [6, 6.07) is 21.5. The average molecular weight is 399 g/mol. The number of amides is 2. The van der Waals surface area contributed by atoms with Crippen LogP contribution < -0.4 is 10.2 Å². The summed E-state index contributed by atoms with van der Waals surface area (Å²) >= 11 is 0. The third-order valence-corrected chi connectivity index (χ3v) is 4.79. The molecular weight excluding hydrogens is 378 g/mol. The number of pyridine rings is 1. The second-order valence-electron chi connectivity index (χ2n) is 6.90. The number of benzene rings is 2. The Morgan fingerprint density at radius 1 is 0.900 bits per heavy atom. The van der Waals surface area contributed by atoms with Crippen LogP contribution in [0.25, 0.3) is 0 Å². The molecule has 7 nitrogen and oxygen atoms in total. The van der Waals surface area contributed by atoms with Gasteiger partial charge in [-0.05, 0) is 48.5 Å². The SMILES string of the molecule is O=C1CC(NCCc2ccccn2)C(=O)N1c1ccc(N=Nc2ccccc2)cc1. The second kappa shape index (κ2) is 9.19. The van der Waals surface area contributed by atoms with Gasteiger partial charge in [0.05, 0.1) is 29.5 Å². The monoisotopic (exact) mass is 399 g/mol. The Hall–Kier alpha value is -3.71. The molecule has 30 heavy (non-hydrogen) atoms. The third-order valence-electron chi connectivity index (χ3n) is 4.79. The molecule has 1 N–H and O–H groups in total. The molecule has 1 fully saturated rings. The lowest BCUT2D eigenvalue weighted by molar-refractivity contribution is -0.121. The molecule has 150 valence electrons. The van der Waals surface area contributed by atoms with Crippen LogP contribution in [0.5, 0.6) is 0 Å². The van der Waals surface area contributed by atoms with Gasteiger partial charge in [0.15, 0.2) is 0 Å². The van der Waals surface area contributed by atoms with E-state index in [0.29, 0.717) is 24.3 Å². The molecule has 0 spiro atoms. The van der Waals surface area contributed by atoms with E-state index in [-0.39, 0.29) is 18.2 Å². The zero-order chi connectivity index (χ0) is 20.8. The lowest BCUT2D eigenvalue weighted by Gasteiger charge is -2.15. The first-order valence-electron chi connectivity index (χ1n) is 9.78. The zero-order valence-corrected chi connectivity index (χ0v) is 16.3. The molecule has 2 aromatic carbocycles. The highest BCUT2D eigenvalue weighted by Crippen LogP contribution is 2.26. The van der Waals surface area contributed by atoms with E-state index in [9.17, 15) is 9.59 Å². The van der Waals surface area contributed by atoms with Crippen molar-refractivity contribution >= 4 is 28.9 Å². The highest BCUT2D eigenvalue weighted by atomic mass is 16.2. The van der Waals surface area contributed by atoms with Gasteiger partial charge in [-0.1, -0.05) is 24.3 Å². The predicted octanol–water partition coefficient (Wildman–Crippen LogP) is 3.96. The number of rotatable bonds is 7. The Bertz CT molecular complexity index is 1040. The van der Waals surface area contributed by atoms with Crippen LogP contribution in [-0.4, -0.2) is 29.4 Å². The van der Waals surface area contributed by atoms with Crippen LogP contribution in [0.2, 0.25) is 0 Å². The minimum Gasteiger partial charge on any atom is -0.305 e. The van der Waals surface area contributed by atoms with E-state index in [1.165, 1.54) is 4.90 Å². The summed E-state index contributed by atoms with van der Waals surface area (Å²) in [4.78, 5) is 30.7. The molecule has 0 radical (unpaired) electrons. The molecule has 2 heterocycles. The Labute approximate surface area is 174 Å². The van der Waals surface area contributed by atoms with Crippen molar-refractivity contribution in [3.05, 3.63) is 84.7 Å². The van der Waals surface area contributed by atoms with E-state index in [4.69, 9.17) is 0 Å². The molecule has 1 aliphatic heterocycles. The summed E-state index contributed by atoms with van der Waals surface area (Å²) in [7, 11) is 0. The van der Waals surface area contributed by atoms with E-state index in [1.807, 2.05) is 48.5 Å². The van der Waals surface area contributed by atoms with Crippen molar-refractivity contribution in [1.29, 1.82) is 0 Å². The first kappa shape index (κ1) is 19.6. The Morgan fingerprint density at radius 2 is 1.60 bits per heavy atom. The fourth-order valence-electron chi connectivity index (χ4n) is 3.26. The number of aromatic nitrogens is 1. The summed E-state index contributed by atoms with van der Waals surface area (Å²) < 4.78 is 0. The lowest BCUT2D eigenvalue weighted by Crippen LogP contribution is -2.39. The summed E-state index contributed by atoms with van der Waals surface area (Å²) in [5, 5.41) is 11.5. The van der Waals surface area contributed by atoms with Crippen LogP contribution in [0.1, 0.15) is 12.1 Å². The number of nitrogens with zero attached hydrogens (tertiary/aromatic N) is 4. The predicted molar refractivity (Wildman–Crippen MR) is 114 cm³/mol. The number of hydrogen-bond acceptors (Lipinski definition) is 6. The van der Waals surface area contributed by atoms with Crippen molar-refractivity contribution in [2.45, 2.75) is 18.9 Å². The standard InChI is InChI=1S/C23H21N5O2/c29-22-16-21(25-15-13-17-6-4-5-14-24-17)23(30)28(22)20-11-9-19(10-12-20)27-26-18-7-2-1-3-8-18/h1-12,14,21,25H,13,15-16H2. The average Bonchev–Trinajstić information content (AvgIpc) is 3.07. The summed E-state index contributed by atoms with van der Waals surface area (Å²) in [6.45, 7) is 0.577.